The molecule has 3 nitrogen and oxygen atoms in total. The highest BCUT2D eigenvalue weighted by atomic mass is 16.5. The first-order chi connectivity index (χ1) is 18.4. The van der Waals surface area contributed by atoms with E-state index in [1.165, 1.54) is 0 Å². The van der Waals surface area contributed by atoms with Gasteiger partial charge in [0.15, 0.2) is 0 Å². The van der Waals surface area contributed by atoms with Crippen LogP contribution in [0.25, 0.3) is 27.9 Å². The number of hydrogen-bond acceptors (Lipinski definition) is 2. The molecule has 0 saturated carbocycles. The van der Waals surface area contributed by atoms with Gasteiger partial charge in [0.05, 0.1) is 16.8 Å². The van der Waals surface area contributed by atoms with Crippen LogP contribution in [0.15, 0.2) is 152 Å². The van der Waals surface area contributed by atoms with Crippen LogP contribution in [0.4, 0.5) is 0 Å². The van der Waals surface area contributed by atoms with Crippen LogP contribution in [-0.4, -0.2) is 4.57 Å². The summed E-state index contributed by atoms with van der Waals surface area (Å²) in [5, 5.41) is 0. The molecule has 37 heavy (non-hydrogen) atoms. The van der Waals surface area contributed by atoms with Gasteiger partial charge >= 0.3 is 0 Å². The van der Waals surface area contributed by atoms with E-state index in [9.17, 15) is 0 Å². The molecule has 178 valence electrons. The lowest BCUT2D eigenvalue weighted by Gasteiger charge is -2.15. The minimum atomic E-state index is 0.688. The van der Waals surface area contributed by atoms with Gasteiger partial charge in [-0.25, -0.2) is 4.57 Å². The smallest absolute Gasteiger partial charge is 0.216 e. The Hall–Kier alpha value is -5.02. The van der Waals surface area contributed by atoms with E-state index in [1.54, 1.807) is 0 Å². The van der Waals surface area contributed by atoms with Gasteiger partial charge in [0, 0.05) is 0 Å². The largest absolute Gasteiger partial charge is 0.440 e. The molecule has 0 bridgehead atoms. The monoisotopic (exact) mass is 479 g/mol. The van der Waals surface area contributed by atoms with Crippen molar-refractivity contribution in [3.05, 3.63) is 152 Å². The maximum atomic E-state index is 6.71. The molecule has 0 atom stereocenters. The molecule has 0 saturated heterocycles. The standard InChI is InChI=1S/C34H25NO2/c1-6-16-26(17-7-1)31-32(27-18-8-2-9-19-27)34(37-30-24-14-5-15-25-30)35(28-20-10-3-11-21-28)33(31)36-29-22-12-4-13-23-29/h1-25H. The summed E-state index contributed by atoms with van der Waals surface area (Å²) in [5.41, 5.74) is 4.95. The van der Waals surface area contributed by atoms with Gasteiger partial charge in [0.25, 0.3) is 0 Å². The highest BCUT2D eigenvalue weighted by Crippen LogP contribution is 2.51. The molecule has 6 rings (SSSR count). The van der Waals surface area contributed by atoms with Gasteiger partial charge in [-0.3, -0.25) is 0 Å². The van der Waals surface area contributed by atoms with Crippen molar-refractivity contribution in [2.75, 3.05) is 0 Å². The van der Waals surface area contributed by atoms with E-state index in [4.69, 9.17) is 9.47 Å². The van der Waals surface area contributed by atoms with Gasteiger partial charge in [-0.1, -0.05) is 115 Å². The number of para-hydroxylation sites is 3. The molecular weight excluding hydrogens is 454 g/mol. The number of ether oxygens (including phenoxy) is 2. The van der Waals surface area contributed by atoms with Gasteiger partial charge < -0.3 is 9.47 Å². The van der Waals surface area contributed by atoms with E-state index in [2.05, 4.69) is 41.0 Å². The number of hydrogen-bond donors (Lipinski definition) is 0. The second kappa shape index (κ2) is 10.3. The van der Waals surface area contributed by atoms with Gasteiger partial charge in [-0.2, -0.15) is 0 Å². The van der Waals surface area contributed by atoms with Crippen LogP contribution >= 0.6 is 0 Å². The Morgan fingerprint density at radius 3 is 1.05 bits per heavy atom. The molecule has 6 aromatic rings. The molecule has 0 aliphatic heterocycles. The van der Waals surface area contributed by atoms with Crippen molar-refractivity contribution in [3.63, 3.8) is 0 Å². The maximum absolute atomic E-state index is 6.71. The summed E-state index contributed by atoms with van der Waals surface area (Å²) in [5.74, 6) is 2.88. The fraction of sp³-hybridized carbons (Fsp3) is 0. The van der Waals surface area contributed by atoms with E-state index < -0.39 is 0 Å². The molecule has 3 heteroatoms. The summed E-state index contributed by atoms with van der Waals surface area (Å²) in [6, 6.07) is 50.7. The van der Waals surface area contributed by atoms with E-state index in [0.29, 0.717) is 11.8 Å². The van der Waals surface area contributed by atoms with Gasteiger partial charge in [0.2, 0.25) is 11.8 Å². The molecule has 0 fully saturated rings. The summed E-state index contributed by atoms with van der Waals surface area (Å²) < 4.78 is 15.5. The fourth-order valence-corrected chi connectivity index (χ4v) is 4.48. The molecule has 0 N–H and O–H groups in total. The molecule has 5 aromatic carbocycles. The Balaban J connectivity index is 1.72. The second-order valence-corrected chi connectivity index (χ2v) is 8.59. The molecule has 1 heterocycles. The zero-order chi connectivity index (χ0) is 24.9. The summed E-state index contributed by atoms with van der Waals surface area (Å²) >= 11 is 0. The van der Waals surface area contributed by atoms with E-state index >= 15 is 0 Å². The van der Waals surface area contributed by atoms with Crippen LogP contribution in [0.2, 0.25) is 0 Å². The van der Waals surface area contributed by atoms with Crippen molar-refractivity contribution in [2.45, 2.75) is 0 Å². The van der Waals surface area contributed by atoms with Gasteiger partial charge in [-0.15, -0.1) is 0 Å². The minimum Gasteiger partial charge on any atom is -0.440 e. The first kappa shape index (κ1) is 22.4. The van der Waals surface area contributed by atoms with Crippen LogP contribution in [0.3, 0.4) is 0 Å². The van der Waals surface area contributed by atoms with Crippen molar-refractivity contribution >= 4 is 0 Å². The molecule has 1 aromatic heterocycles. The van der Waals surface area contributed by atoms with Crippen molar-refractivity contribution in [3.8, 4) is 51.2 Å². The lowest BCUT2D eigenvalue weighted by Crippen LogP contribution is -2.01. The Bertz CT molecular complexity index is 1480. The van der Waals surface area contributed by atoms with Crippen LogP contribution in [0, 0.1) is 0 Å². The van der Waals surface area contributed by atoms with E-state index in [1.807, 2.05) is 115 Å². The summed E-state index contributed by atoms with van der Waals surface area (Å²) in [6.45, 7) is 0. The normalized spacial score (nSPS) is 10.7. The van der Waals surface area contributed by atoms with Crippen LogP contribution in [0.5, 0.6) is 23.3 Å². The zero-order valence-electron chi connectivity index (χ0n) is 20.2. The van der Waals surface area contributed by atoms with Gasteiger partial charge in [0.1, 0.15) is 11.5 Å². The van der Waals surface area contributed by atoms with Crippen molar-refractivity contribution in [1.29, 1.82) is 0 Å². The third-order valence-electron chi connectivity index (χ3n) is 6.14. The van der Waals surface area contributed by atoms with Crippen LogP contribution < -0.4 is 9.47 Å². The molecule has 0 unspecified atom stereocenters. The molecule has 0 spiro atoms. The van der Waals surface area contributed by atoms with Crippen LogP contribution in [-0.2, 0) is 0 Å². The first-order valence-corrected chi connectivity index (χ1v) is 12.3. The maximum Gasteiger partial charge on any atom is 0.216 e. The highest BCUT2D eigenvalue weighted by molar-refractivity contribution is 5.92. The van der Waals surface area contributed by atoms with Crippen molar-refractivity contribution in [2.24, 2.45) is 0 Å². The number of aromatic nitrogens is 1. The lowest BCUT2D eigenvalue weighted by molar-refractivity contribution is 0.417. The second-order valence-electron chi connectivity index (χ2n) is 8.59. The quantitative estimate of drug-likeness (QED) is 0.228. The Labute approximate surface area is 216 Å². The summed E-state index contributed by atoms with van der Waals surface area (Å²) in [6.07, 6.45) is 0. The van der Waals surface area contributed by atoms with Crippen molar-refractivity contribution in [1.82, 2.24) is 4.57 Å². The summed E-state index contributed by atoms with van der Waals surface area (Å²) in [4.78, 5) is 0. The Morgan fingerprint density at radius 2 is 0.676 bits per heavy atom. The molecule has 0 radical (unpaired) electrons. The Morgan fingerprint density at radius 1 is 0.351 bits per heavy atom. The SMILES string of the molecule is c1ccc(Oc2c(-c3ccccc3)c(-c3ccccc3)c(Oc3ccccc3)n2-c2ccccc2)cc1. The molecule has 0 aliphatic carbocycles. The molecule has 0 amide bonds. The predicted octanol–water partition coefficient (Wildman–Crippen LogP) is 9.40. The average molecular weight is 480 g/mol. The van der Waals surface area contributed by atoms with Crippen LogP contribution in [0.1, 0.15) is 0 Å². The number of benzene rings is 5. The number of rotatable bonds is 7. The first-order valence-electron chi connectivity index (χ1n) is 12.3. The topological polar surface area (TPSA) is 23.4 Å². The van der Waals surface area contributed by atoms with E-state index in [0.717, 1.165) is 39.4 Å². The predicted molar refractivity (Wildman–Crippen MR) is 150 cm³/mol. The van der Waals surface area contributed by atoms with Gasteiger partial charge in [-0.05, 0) is 47.5 Å². The van der Waals surface area contributed by atoms with E-state index in [-0.39, 0.29) is 0 Å². The highest BCUT2D eigenvalue weighted by Gasteiger charge is 2.29. The average Bonchev–Trinajstić information content (AvgIpc) is 3.28. The van der Waals surface area contributed by atoms with Crippen molar-refractivity contribution < 1.29 is 9.47 Å². The lowest BCUT2D eigenvalue weighted by atomic mass is 9.98. The molecular formula is C34H25NO2. The number of nitrogens with zero attached hydrogens (tertiary/aromatic N) is 1. The zero-order valence-corrected chi connectivity index (χ0v) is 20.2. The Kier molecular flexibility index (Phi) is 6.25. The fourth-order valence-electron chi connectivity index (χ4n) is 4.48. The summed E-state index contributed by atoms with van der Waals surface area (Å²) in [7, 11) is 0. The minimum absolute atomic E-state index is 0.688. The third-order valence-corrected chi connectivity index (χ3v) is 6.14. The molecule has 0 aliphatic rings. The third kappa shape index (κ3) is 4.63.